The molecule has 144 valence electrons. The number of nitrogens with two attached hydrogens (primary N) is 1. The Morgan fingerprint density at radius 3 is 2.30 bits per heavy atom. The summed E-state index contributed by atoms with van der Waals surface area (Å²) < 4.78 is 0. The number of hydrogen-bond donors (Lipinski definition) is 2. The van der Waals surface area contributed by atoms with Gasteiger partial charge in [0.05, 0.1) is 10.9 Å². The third-order valence-corrected chi connectivity index (χ3v) is 6.09. The third kappa shape index (κ3) is 5.41. The van der Waals surface area contributed by atoms with Gasteiger partial charge in [-0.2, -0.15) is 5.26 Å². The second kappa shape index (κ2) is 9.16. The van der Waals surface area contributed by atoms with Gasteiger partial charge in [-0.25, -0.2) is 0 Å². The minimum atomic E-state index is -0.845. The quantitative estimate of drug-likeness (QED) is 0.730. The summed E-state index contributed by atoms with van der Waals surface area (Å²) in [5, 5.41) is 16.4. The van der Waals surface area contributed by atoms with Crippen LogP contribution in [-0.2, 0) is 4.79 Å². The van der Waals surface area contributed by atoms with Crippen LogP contribution in [0.2, 0.25) is 0 Å². The van der Waals surface area contributed by atoms with E-state index in [9.17, 15) is 10.1 Å². The van der Waals surface area contributed by atoms with Crippen LogP contribution in [0.3, 0.4) is 0 Å². The van der Waals surface area contributed by atoms with Gasteiger partial charge >= 0.3 is 0 Å². The molecule has 2 rings (SSSR count). The van der Waals surface area contributed by atoms with Crippen molar-refractivity contribution in [2.45, 2.75) is 52.1 Å². The third-order valence-electron chi connectivity index (χ3n) is 5.14. The monoisotopic (exact) mass is 384 g/mol. The maximum Gasteiger partial charge on any atom is 0.276 e. The molecular formula is C22H30N3OS+. The van der Waals surface area contributed by atoms with Crippen molar-refractivity contribution < 1.29 is 10.1 Å². The molecule has 1 aromatic heterocycles. The van der Waals surface area contributed by atoms with Crippen LogP contribution in [0.25, 0.3) is 0 Å². The van der Waals surface area contributed by atoms with Crippen LogP contribution in [0.5, 0.6) is 0 Å². The summed E-state index contributed by atoms with van der Waals surface area (Å²) in [6, 6.07) is 15.1. The van der Waals surface area contributed by atoms with Crippen molar-refractivity contribution >= 4 is 17.2 Å². The minimum Gasteiger partial charge on any atom is -0.333 e. The number of hydrogen-bond acceptors (Lipinski definition) is 3. The van der Waals surface area contributed by atoms with Crippen molar-refractivity contribution in [3.8, 4) is 6.07 Å². The van der Waals surface area contributed by atoms with Gasteiger partial charge in [-0.1, -0.05) is 58.0 Å². The summed E-state index contributed by atoms with van der Waals surface area (Å²) in [6.45, 7) is 10.3. The maximum absolute atomic E-state index is 12.5. The van der Waals surface area contributed by atoms with E-state index in [0.29, 0.717) is 5.92 Å². The zero-order chi connectivity index (χ0) is 20.0. The lowest BCUT2D eigenvalue weighted by molar-refractivity contribution is -0.676. The van der Waals surface area contributed by atoms with Gasteiger partial charge < -0.3 is 10.6 Å². The van der Waals surface area contributed by atoms with Crippen LogP contribution in [-0.4, -0.2) is 18.0 Å². The van der Waals surface area contributed by atoms with Gasteiger partial charge in [0, 0.05) is 5.56 Å². The lowest BCUT2D eigenvalue weighted by Gasteiger charge is -2.27. The van der Waals surface area contributed by atoms with Gasteiger partial charge in [0.25, 0.3) is 5.91 Å². The molecule has 5 heteroatoms. The average molecular weight is 385 g/mol. The Morgan fingerprint density at radius 2 is 1.81 bits per heavy atom. The average Bonchev–Trinajstić information content (AvgIpc) is 3.16. The van der Waals surface area contributed by atoms with E-state index in [0.717, 1.165) is 0 Å². The number of thiophene rings is 1. The number of nitriles is 1. The maximum atomic E-state index is 12.5. The zero-order valence-corrected chi connectivity index (χ0v) is 17.6. The first-order chi connectivity index (χ1) is 12.8. The molecule has 2 atom stereocenters. The second-order valence-electron chi connectivity index (χ2n) is 7.77. The van der Waals surface area contributed by atoms with Gasteiger partial charge in [0.2, 0.25) is 0 Å². The number of rotatable bonds is 8. The first kappa shape index (κ1) is 21.1. The number of benzene rings is 1. The van der Waals surface area contributed by atoms with Crippen molar-refractivity contribution in [3.05, 3.63) is 57.8 Å². The molecule has 0 unspecified atom stereocenters. The largest absolute Gasteiger partial charge is 0.333 e. The molecule has 0 aliphatic carbocycles. The van der Waals surface area contributed by atoms with Crippen LogP contribution in [0.1, 0.15) is 62.6 Å². The molecule has 1 amide bonds. The topological polar surface area (TPSA) is 69.5 Å². The molecule has 0 bridgehead atoms. The number of nitrogens with one attached hydrogen (secondary N) is 1. The van der Waals surface area contributed by atoms with E-state index in [1.54, 1.807) is 18.3 Å². The molecule has 4 nitrogen and oxygen atoms in total. The van der Waals surface area contributed by atoms with E-state index in [4.69, 9.17) is 0 Å². The van der Waals surface area contributed by atoms with Crippen LogP contribution < -0.4 is 10.6 Å². The van der Waals surface area contributed by atoms with Gasteiger partial charge in [0.15, 0.2) is 6.54 Å². The number of quaternary nitrogens is 1. The molecule has 1 aromatic carbocycles. The van der Waals surface area contributed by atoms with Crippen LogP contribution in [0, 0.1) is 17.2 Å². The SMILES string of the molecule is CC(C)c1ccc([C@@H]([NH2+]CC(=O)N[C@@](C)(C#N)C(C)C)c2cccs2)cc1. The molecule has 2 aromatic rings. The Balaban J connectivity index is 2.13. The van der Waals surface area contributed by atoms with E-state index in [1.165, 1.54) is 16.0 Å². The standard InChI is InChI=1S/C22H29N3OS/c1-15(2)17-8-10-18(11-9-17)21(19-7-6-12-27-19)24-13-20(26)25-22(5,14-23)16(3)4/h6-12,15-16,21,24H,13H2,1-5H3,(H,25,26)/p+1/t21-,22+/m1/s1. The number of nitrogens with zero attached hydrogens (tertiary/aromatic N) is 1. The highest BCUT2D eigenvalue weighted by atomic mass is 32.1. The van der Waals surface area contributed by atoms with E-state index < -0.39 is 5.54 Å². The Hall–Kier alpha value is -2.16. The van der Waals surface area contributed by atoms with E-state index in [1.807, 2.05) is 25.2 Å². The number of amides is 1. The van der Waals surface area contributed by atoms with Crippen molar-refractivity contribution in [3.63, 3.8) is 0 Å². The Labute approximate surface area is 166 Å². The van der Waals surface area contributed by atoms with Crippen molar-refractivity contribution in [2.24, 2.45) is 5.92 Å². The van der Waals surface area contributed by atoms with Gasteiger partial charge in [-0.15, -0.1) is 11.3 Å². The van der Waals surface area contributed by atoms with Crippen molar-refractivity contribution in [2.75, 3.05) is 6.54 Å². The summed E-state index contributed by atoms with van der Waals surface area (Å²) in [5.41, 5.74) is 1.65. The number of carbonyl (C=O) groups is 1. The molecular weight excluding hydrogens is 354 g/mol. The van der Waals surface area contributed by atoms with Gasteiger partial charge in [-0.3, -0.25) is 4.79 Å². The lowest BCUT2D eigenvalue weighted by atomic mass is 9.90. The Bertz CT molecular complexity index is 775. The molecule has 27 heavy (non-hydrogen) atoms. The fourth-order valence-electron chi connectivity index (χ4n) is 2.84. The highest BCUT2D eigenvalue weighted by molar-refractivity contribution is 7.10. The normalized spacial score (nSPS) is 14.6. The highest BCUT2D eigenvalue weighted by Crippen LogP contribution is 2.24. The van der Waals surface area contributed by atoms with E-state index in [2.05, 4.69) is 60.9 Å². The van der Waals surface area contributed by atoms with Gasteiger partial charge in [0.1, 0.15) is 11.6 Å². The molecule has 0 aliphatic rings. The zero-order valence-electron chi connectivity index (χ0n) is 16.8. The Kier molecular flexibility index (Phi) is 7.18. The molecule has 0 saturated carbocycles. The van der Waals surface area contributed by atoms with Crippen LogP contribution in [0.4, 0.5) is 0 Å². The summed E-state index contributed by atoms with van der Waals surface area (Å²) in [4.78, 5) is 13.7. The molecule has 0 fully saturated rings. The molecule has 0 saturated heterocycles. The highest BCUT2D eigenvalue weighted by Gasteiger charge is 2.31. The second-order valence-corrected chi connectivity index (χ2v) is 8.75. The minimum absolute atomic E-state index is 0.0446. The smallest absolute Gasteiger partial charge is 0.276 e. The lowest BCUT2D eigenvalue weighted by Crippen LogP contribution is -2.88. The van der Waals surface area contributed by atoms with E-state index >= 15 is 0 Å². The Morgan fingerprint density at radius 1 is 1.19 bits per heavy atom. The number of carbonyl (C=O) groups excluding carboxylic acids is 1. The molecule has 0 aliphatic heterocycles. The molecule has 0 spiro atoms. The fraction of sp³-hybridized carbons (Fsp3) is 0.455. The predicted molar refractivity (Wildman–Crippen MR) is 110 cm³/mol. The van der Waals surface area contributed by atoms with Crippen molar-refractivity contribution in [1.82, 2.24) is 5.32 Å². The van der Waals surface area contributed by atoms with E-state index in [-0.39, 0.29) is 24.4 Å². The van der Waals surface area contributed by atoms with Crippen molar-refractivity contribution in [1.29, 1.82) is 5.26 Å². The first-order valence-corrected chi connectivity index (χ1v) is 10.3. The summed E-state index contributed by atoms with van der Waals surface area (Å²) in [6.07, 6.45) is 0. The predicted octanol–water partition coefficient (Wildman–Crippen LogP) is 3.58. The van der Waals surface area contributed by atoms with Gasteiger partial charge in [-0.05, 0) is 35.8 Å². The fourth-order valence-corrected chi connectivity index (χ4v) is 3.69. The molecule has 1 heterocycles. The van der Waals surface area contributed by atoms with Crippen LogP contribution >= 0.6 is 11.3 Å². The molecule has 3 N–H and O–H groups in total. The summed E-state index contributed by atoms with van der Waals surface area (Å²) in [5.74, 6) is 0.421. The van der Waals surface area contributed by atoms with Crippen LogP contribution in [0.15, 0.2) is 41.8 Å². The molecule has 0 radical (unpaired) electrons. The summed E-state index contributed by atoms with van der Waals surface area (Å²) in [7, 11) is 0. The first-order valence-electron chi connectivity index (χ1n) is 9.45. The summed E-state index contributed by atoms with van der Waals surface area (Å²) >= 11 is 1.70.